The fraction of sp³-hybridized carbons (Fsp3) is 0. The summed E-state index contributed by atoms with van der Waals surface area (Å²) >= 11 is 0. The van der Waals surface area contributed by atoms with Crippen LogP contribution in [-0.4, -0.2) is 15.0 Å². The normalized spacial score (nSPS) is 11.6. The average Bonchev–Trinajstić information content (AvgIpc) is 3.76. The van der Waals surface area contributed by atoms with Gasteiger partial charge in [-0.1, -0.05) is 127 Å². The summed E-state index contributed by atoms with van der Waals surface area (Å²) < 4.78 is 12.8. The van der Waals surface area contributed by atoms with Crippen LogP contribution in [0.1, 0.15) is 0 Å². The molecular formula is C45H27N3O2. The molecule has 0 aliphatic heterocycles. The predicted molar refractivity (Wildman–Crippen MR) is 202 cm³/mol. The zero-order chi connectivity index (χ0) is 33.0. The second-order valence-corrected chi connectivity index (χ2v) is 12.4. The van der Waals surface area contributed by atoms with Crippen LogP contribution in [0.15, 0.2) is 173 Å². The number of furan rings is 2. The van der Waals surface area contributed by atoms with E-state index in [1.54, 1.807) is 0 Å². The minimum Gasteiger partial charge on any atom is -0.456 e. The van der Waals surface area contributed by atoms with E-state index >= 15 is 0 Å². The maximum absolute atomic E-state index is 6.38. The number of para-hydroxylation sites is 2. The monoisotopic (exact) mass is 641 g/mol. The Labute approximate surface area is 287 Å². The third-order valence-electron chi connectivity index (χ3n) is 9.34. The van der Waals surface area contributed by atoms with Crippen molar-refractivity contribution in [3.05, 3.63) is 164 Å². The number of hydrogen-bond donors (Lipinski definition) is 0. The summed E-state index contributed by atoms with van der Waals surface area (Å²) in [7, 11) is 0. The van der Waals surface area contributed by atoms with Gasteiger partial charge in [0.05, 0.1) is 0 Å². The lowest BCUT2D eigenvalue weighted by atomic mass is 10.00. The van der Waals surface area contributed by atoms with Crippen LogP contribution in [-0.2, 0) is 0 Å². The van der Waals surface area contributed by atoms with Gasteiger partial charge in [-0.2, -0.15) is 0 Å². The first-order valence-electron chi connectivity index (χ1n) is 16.6. The highest BCUT2D eigenvalue weighted by atomic mass is 16.3. The Morgan fingerprint density at radius 1 is 0.300 bits per heavy atom. The predicted octanol–water partition coefficient (Wildman–Crippen LogP) is 12.0. The van der Waals surface area contributed by atoms with Gasteiger partial charge in [-0.05, 0) is 53.1 Å². The molecule has 0 unspecified atom stereocenters. The second kappa shape index (κ2) is 11.4. The van der Waals surface area contributed by atoms with Gasteiger partial charge in [0.1, 0.15) is 22.3 Å². The van der Waals surface area contributed by atoms with Crippen molar-refractivity contribution >= 4 is 43.9 Å². The van der Waals surface area contributed by atoms with Crippen molar-refractivity contribution in [2.45, 2.75) is 0 Å². The van der Waals surface area contributed by atoms with E-state index in [9.17, 15) is 0 Å². The molecule has 7 aromatic carbocycles. The molecule has 0 aliphatic rings. The van der Waals surface area contributed by atoms with Crippen molar-refractivity contribution in [3.63, 3.8) is 0 Å². The smallest absolute Gasteiger partial charge is 0.164 e. The summed E-state index contributed by atoms with van der Waals surface area (Å²) in [5, 5.41) is 4.32. The molecule has 234 valence electrons. The van der Waals surface area contributed by atoms with Gasteiger partial charge in [0.2, 0.25) is 0 Å². The largest absolute Gasteiger partial charge is 0.456 e. The maximum Gasteiger partial charge on any atom is 0.164 e. The number of hydrogen-bond acceptors (Lipinski definition) is 5. The number of rotatable bonds is 5. The summed E-state index contributed by atoms with van der Waals surface area (Å²) in [5.41, 5.74) is 10.4. The fourth-order valence-electron chi connectivity index (χ4n) is 6.88. The van der Waals surface area contributed by atoms with Crippen LogP contribution >= 0.6 is 0 Å². The number of fused-ring (bicyclic) bond motifs is 6. The highest BCUT2D eigenvalue weighted by Gasteiger charge is 2.17. The van der Waals surface area contributed by atoms with E-state index in [0.717, 1.165) is 77.3 Å². The lowest BCUT2D eigenvalue weighted by Crippen LogP contribution is -2.00. The molecule has 0 N–H and O–H groups in total. The molecule has 10 rings (SSSR count). The first-order valence-corrected chi connectivity index (χ1v) is 16.6. The zero-order valence-electron chi connectivity index (χ0n) is 26.7. The molecule has 0 bridgehead atoms. The van der Waals surface area contributed by atoms with E-state index in [1.165, 1.54) is 5.56 Å². The molecule has 0 amide bonds. The maximum atomic E-state index is 6.38. The number of aromatic nitrogens is 3. The molecule has 3 aromatic heterocycles. The van der Waals surface area contributed by atoms with E-state index in [1.807, 2.05) is 78.9 Å². The average molecular weight is 642 g/mol. The molecule has 3 heterocycles. The molecule has 0 saturated carbocycles. The van der Waals surface area contributed by atoms with Crippen LogP contribution in [0.5, 0.6) is 0 Å². The minimum absolute atomic E-state index is 0.575. The Bertz CT molecular complexity index is 2870. The molecule has 0 fully saturated rings. The van der Waals surface area contributed by atoms with Gasteiger partial charge >= 0.3 is 0 Å². The lowest BCUT2D eigenvalue weighted by molar-refractivity contribution is 0.669. The molecule has 5 nitrogen and oxygen atoms in total. The third kappa shape index (κ3) is 4.75. The summed E-state index contributed by atoms with van der Waals surface area (Å²) in [4.78, 5) is 15.0. The van der Waals surface area contributed by atoms with E-state index in [-0.39, 0.29) is 0 Å². The Hall–Kier alpha value is -6.85. The van der Waals surface area contributed by atoms with Crippen LogP contribution in [0.2, 0.25) is 0 Å². The van der Waals surface area contributed by atoms with Gasteiger partial charge in [-0.25, -0.2) is 15.0 Å². The Morgan fingerprint density at radius 2 is 0.880 bits per heavy atom. The molecule has 0 aliphatic carbocycles. The van der Waals surface area contributed by atoms with Crippen molar-refractivity contribution in [3.8, 4) is 56.4 Å². The fourth-order valence-corrected chi connectivity index (χ4v) is 6.88. The van der Waals surface area contributed by atoms with Crippen LogP contribution in [0.25, 0.3) is 100 Å². The number of nitrogens with zero attached hydrogens (tertiary/aromatic N) is 3. The topological polar surface area (TPSA) is 65.0 Å². The first-order chi connectivity index (χ1) is 24.7. The van der Waals surface area contributed by atoms with E-state index < -0.39 is 0 Å². The van der Waals surface area contributed by atoms with Crippen LogP contribution in [0, 0.1) is 0 Å². The standard InChI is InChI=1S/C45H27N3O2/c1-3-11-28(12-4-1)30-22-24-40-38(26-30)36-23-21-33(27-41(36)49-40)45-47-43(29-13-5-2-6-14-29)46-44(48-45)32-16-9-15-31(25-32)34-18-10-19-37-35-17-7-8-20-39(35)50-42(34)37/h1-27H. The molecule has 0 radical (unpaired) electrons. The van der Waals surface area contributed by atoms with Gasteiger partial charge < -0.3 is 8.83 Å². The van der Waals surface area contributed by atoms with Crippen molar-refractivity contribution in [1.82, 2.24) is 15.0 Å². The minimum atomic E-state index is 0.575. The van der Waals surface area contributed by atoms with E-state index in [0.29, 0.717) is 17.5 Å². The Morgan fingerprint density at radius 3 is 1.70 bits per heavy atom. The summed E-state index contributed by atoms with van der Waals surface area (Å²) in [6.45, 7) is 0. The zero-order valence-corrected chi connectivity index (χ0v) is 26.7. The van der Waals surface area contributed by atoms with Crippen molar-refractivity contribution in [1.29, 1.82) is 0 Å². The highest BCUT2D eigenvalue weighted by molar-refractivity contribution is 6.10. The molecule has 0 atom stereocenters. The van der Waals surface area contributed by atoms with Crippen molar-refractivity contribution < 1.29 is 8.83 Å². The molecule has 50 heavy (non-hydrogen) atoms. The molecule has 10 aromatic rings. The Balaban J connectivity index is 1.10. The Kier molecular flexibility index (Phi) is 6.42. The van der Waals surface area contributed by atoms with Crippen LogP contribution in [0.3, 0.4) is 0 Å². The molecule has 5 heteroatoms. The lowest BCUT2D eigenvalue weighted by Gasteiger charge is -2.10. The number of benzene rings is 7. The first kappa shape index (κ1) is 28.2. The quantitative estimate of drug-likeness (QED) is 0.187. The molecule has 0 spiro atoms. The van der Waals surface area contributed by atoms with Crippen molar-refractivity contribution in [2.24, 2.45) is 0 Å². The molecule has 0 saturated heterocycles. The molecular weight excluding hydrogens is 615 g/mol. The van der Waals surface area contributed by atoms with E-state index in [4.69, 9.17) is 23.8 Å². The second-order valence-electron chi connectivity index (χ2n) is 12.4. The van der Waals surface area contributed by atoms with Crippen molar-refractivity contribution in [2.75, 3.05) is 0 Å². The summed E-state index contributed by atoms with van der Waals surface area (Å²) in [6.07, 6.45) is 0. The highest BCUT2D eigenvalue weighted by Crippen LogP contribution is 2.38. The van der Waals surface area contributed by atoms with Gasteiger partial charge in [-0.3, -0.25) is 0 Å². The van der Waals surface area contributed by atoms with Crippen LogP contribution < -0.4 is 0 Å². The SMILES string of the molecule is c1ccc(-c2ccc3oc4cc(-c5nc(-c6ccccc6)nc(-c6cccc(-c7cccc8c7oc7ccccc78)c6)n5)ccc4c3c2)cc1. The third-order valence-corrected chi connectivity index (χ3v) is 9.34. The van der Waals surface area contributed by atoms with E-state index in [2.05, 4.69) is 84.9 Å². The van der Waals surface area contributed by atoms with Gasteiger partial charge in [0, 0.05) is 43.8 Å². The van der Waals surface area contributed by atoms with Gasteiger partial charge in [-0.15, -0.1) is 0 Å². The van der Waals surface area contributed by atoms with Gasteiger partial charge in [0.15, 0.2) is 17.5 Å². The van der Waals surface area contributed by atoms with Gasteiger partial charge in [0.25, 0.3) is 0 Å². The summed E-state index contributed by atoms with van der Waals surface area (Å²) in [6, 6.07) is 55.8. The van der Waals surface area contributed by atoms with Crippen LogP contribution in [0.4, 0.5) is 0 Å². The summed E-state index contributed by atoms with van der Waals surface area (Å²) in [5.74, 6) is 1.77.